The number of fused-ring (bicyclic) bond motifs is 1. The van der Waals surface area contributed by atoms with E-state index in [1.54, 1.807) is 10.9 Å². The van der Waals surface area contributed by atoms with Crippen molar-refractivity contribution in [3.8, 4) is 11.1 Å². The first-order valence-corrected chi connectivity index (χ1v) is 5.36. The first kappa shape index (κ1) is 9.89. The van der Waals surface area contributed by atoms with Crippen LogP contribution in [0, 0.1) is 0 Å². The summed E-state index contributed by atoms with van der Waals surface area (Å²) in [6, 6.07) is 6.16. The first-order valence-electron chi connectivity index (χ1n) is 5.36. The average Bonchev–Trinajstić information content (AvgIpc) is 2.85. The van der Waals surface area contributed by atoms with Gasteiger partial charge >= 0.3 is 0 Å². The molecule has 0 saturated heterocycles. The topological polar surface area (TPSA) is 61.7 Å². The highest BCUT2D eigenvalue weighted by Gasteiger charge is 2.08. The van der Waals surface area contributed by atoms with Crippen LogP contribution in [0.5, 0.6) is 0 Å². The molecule has 0 spiro atoms. The largest absolute Gasteiger partial charge is 0.383 e. The lowest BCUT2D eigenvalue weighted by molar-refractivity contribution is 0.779. The molecule has 2 aromatic heterocycles. The second kappa shape index (κ2) is 3.35. The molecule has 0 saturated carbocycles. The monoisotopic (exact) mass is 227 g/mol. The van der Waals surface area contributed by atoms with E-state index in [0.717, 1.165) is 22.0 Å². The van der Waals surface area contributed by atoms with Crippen molar-refractivity contribution in [2.75, 3.05) is 5.73 Å². The molecule has 3 rings (SSSR count). The summed E-state index contributed by atoms with van der Waals surface area (Å²) in [4.78, 5) is 0. The summed E-state index contributed by atoms with van der Waals surface area (Å²) < 4.78 is 3.52. The highest BCUT2D eigenvalue weighted by Crippen LogP contribution is 2.27. The standard InChI is InChI=1S/C12H13N5/c1-16-11-4-3-8(5-9(11)6-14-16)10-7-15-17(2)12(10)13/h3-7H,13H2,1-2H3. The van der Waals surface area contributed by atoms with Crippen molar-refractivity contribution in [2.45, 2.75) is 0 Å². The van der Waals surface area contributed by atoms with E-state index in [1.165, 1.54) is 0 Å². The van der Waals surface area contributed by atoms with Crippen molar-refractivity contribution >= 4 is 16.7 Å². The molecule has 17 heavy (non-hydrogen) atoms. The van der Waals surface area contributed by atoms with Crippen LogP contribution in [0.15, 0.2) is 30.6 Å². The number of hydrogen-bond acceptors (Lipinski definition) is 3. The maximum atomic E-state index is 5.96. The second-order valence-electron chi connectivity index (χ2n) is 4.11. The summed E-state index contributed by atoms with van der Waals surface area (Å²) >= 11 is 0. The molecule has 86 valence electrons. The third-order valence-electron chi connectivity index (χ3n) is 3.04. The number of nitrogens with two attached hydrogens (primary N) is 1. The van der Waals surface area contributed by atoms with Gasteiger partial charge < -0.3 is 5.73 Å². The zero-order chi connectivity index (χ0) is 12.0. The van der Waals surface area contributed by atoms with Gasteiger partial charge in [-0.2, -0.15) is 10.2 Å². The van der Waals surface area contributed by atoms with Crippen LogP contribution in [-0.2, 0) is 14.1 Å². The second-order valence-corrected chi connectivity index (χ2v) is 4.11. The number of nitrogens with zero attached hydrogens (tertiary/aromatic N) is 4. The zero-order valence-corrected chi connectivity index (χ0v) is 9.75. The molecule has 0 aliphatic rings. The Morgan fingerprint density at radius 3 is 2.53 bits per heavy atom. The number of aromatic nitrogens is 4. The molecule has 0 aliphatic carbocycles. The Balaban J connectivity index is 2.21. The summed E-state index contributed by atoms with van der Waals surface area (Å²) in [6.07, 6.45) is 3.64. The van der Waals surface area contributed by atoms with E-state index in [9.17, 15) is 0 Å². The summed E-state index contributed by atoms with van der Waals surface area (Å²) in [7, 11) is 3.77. The van der Waals surface area contributed by atoms with E-state index in [4.69, 9.17) is 5.73 Å². The Bertz CT molecular complexity index is 692. The van der Waals surface area contributed by atoms with Gasteiger partial charge in [-0.25, -0.2) is 0 Å². The number of nitrogen functional groups attached to an aromatic ring is 1. The lowest BCUT2D eigenvalue weighted by Crippen LogP contribution is -1.98. The number of aryl methyl sites for hydroxylation is 2. The lowest BCUT2D eigenvalue weighted by Gasteiger charge is -2.01. The van der Waals surface area contributed by atoms with E-state index < -0.39 is 0 Å². The average molecular weight is 227 g/mol. The molecule has 0 radical (unpaired) electrons. The predicted octanol–water partition coefficient (Wildman–Crippen LogP) is 1.56. The molecule has 0 amide bonds. The molecule has 3 aromatic rings. The highest BCUT2D eigenvalue weighted by atomic mass is 15.3. The molecule has 0 unspecified atom stereocenters. The van der Waals surface area contributed by atoms with Crippen molar-refractivity contribution in [3.05, 3.63) is 30.6 Å². The molecule has 1 aromatic carbocycles. The number of hydrogen-bond donors (Lipinski definition) is 1. The minimum absolute atomic E-state index is 0.674. The fourth-order valence-corrected chi connectivity index (χ4v) is 2.00. The normalized spacial score (nSPS) is 11.2. The van der Waals surface area contributed by atoms with Gasteiger partial charge in [-0.3, -0.25) is 9.36 Å². The van der Waals surface area contributed by atoms with Crippen LogP contribution in [-0.4, -0.2) is 19.6 Å². The van der Waals surface area contributed by atoms with Crippen LogP contribution < -0.4 is 5.73 Å². The van der Waals surface area contributed by atoms with Crippen LogP contribution in [0.2, 0.25) is 0 Å². The number of rotatable bonds is 1. The lowest BCUT2D eigenvalue weighted by atomic mass is 10.1. The van der Waals surface area contributed by atoms with Crippen LogP contribution in [0.1, 0.15) is 0 Å². The minimum Gasteiger partial charge on any atom is -0.383 e. The van der Waals surface area contributed by atoms with Crippen molar-refractivity contribution < 1.29 is 0 Å². The Kier molecular flexibility index (Phi) is 1.95. The summed E-state index contributed by atoms with van der Waals surface area (Å²) in [5.74, 6) is 0.674. The predicted molar refractivity (Wildman–Crippen MR) is 67.3 cm³/mol. The first-order chi connectivity index (χ1) is 8.16. The highest BCUT2D eigenvalue weighted by molar-refractivity contribution is 5.86. The zero-order valence-electron chi connectivity index (χ0n) is 9.75. The Labute approximate surface area is 98.5 Å². The molecule has 0 atom stereocenters. The number of benzene rings is 1. The molecule has 5 heteroatoms. The smallest absolute Gasteiger partial charge is 0.129 e. The third kappa shape index (κ3) is 1.39. The van der Waals surface area contributed by atoms with E-state index in [0.29, 0.717) is 5.82 Å². The summed E-state index contributed by atoms with van der Waals surface area (Å²) in [5.41, 5.74) is 9.09. The van der Waals surface area contributed by atoms with Crippen molar-refractivity contribution in [2.24, 2.45) is 14.1 Å². The molecular formula is C12H13N5. The molecule has 0 fully saturated rings. The minimum atomic E-state index is 0.674. The van der Waals surface area contributed by atoms with Gasteiger partial charge in [0.25, 0.3) is 0 Å². The molecule has 2 N–H and O–H groups in total. The fourth-order valence-electron chi connectivity index (χ4n) is 2.00. The molecule has 5 nitrogen and oxygen atoms in total. The summed E-state index contributed by atoms with van der Waals surface area (Å²) in [6.45, 7) is 0. The van der Waals surface area contributed by atoms with Gasteiger partial charge in [-0.15, -0.1) is 0 Å². The molecule has 2 heterocycles. The maximum absolute atomic E-state index is 5.96. The van der Waals surface area contributed by atoms with Gasteiger partial charge in [0.05, 0.1) is 17.9 Å². The van der Waals surface area contributed by atoms with Gasteiger partial charge in [0.15, 0.2) is 0 Å². The fraction of sp³-hybridized carbons (Fsp3) is 0.167. The van der Waals surface area contributed by atoms with Crippen molar-refractivity contribution in [1.82, 2.24) is 19.6 Å². The van der Waals surface area contributed by atoms with E-state index in [1.807, 2.05) is 37.1 Å². The van der Waals surface area contributed by atoms with Crippen molar-refractivity contribution in [1.29, 1.82) is 0 Å². The Hall–Kier alpha value is -2.30. The van der Waals surface area contributed by atoms with Crippen LogP contribution in [0.4, 0.5) is 5.82 Å². The van der Waals surface area contributed by atoms with Gasteiger partial charge in [-0.05, 0) is 17.7 Å². The third-order valence-corrected chi connectivity index (χ3v) is 3.04. The van der Waals surface area contributed by atoms with Gasteiger partial charge in [-0.1, -0.05) is 6.07 Å². The SMILES string of the molecule is Cn1ncc(-c2ccc3c(cnn3C)c2)c1N. The van der Waals surface area contributed by atoms with E-state index in [-0.39, 0.29) is 0 Å². The van der Waals surface area contributed by atoms with Gasteiger partial charge in [0, 0.05) is 25.0 Å². The quantitative estimate of drug-likeness (QED) is 0.686. The van der Waals surface area contributed by atoms with Gasteiger partial charge in [0.2, 0.25) is 0 Å². The Morgan fingerprint density at radius 2 is 1.82 bits per heavy atom. The molecular weight excluding hydrogens is 214 g/mol. The van der Waals surface area contributed by atoms with Crippen molar-refractivity contribution in [3.63, 3.8) is 0 Å². The molecule has 0 bridgehead atoms. The van der Waals surface area contributed by atoms with Crippen LogP contribution >= 0.6 is 0 Å². The van der Waals surface area contributed by atoms with Crippen LogP contribution in [0.25, 0.3) is 22.0 Å². The van der Waals surface area contributed by atoms with E-state index >= 15 is 0 Å². The Morgan fingerprint density at radius 1 is 1.06 bits per heavy atom. The molecule has 0 aliphatic heterocycles. The number of anilines is 1. The maximum Gasteiger partial charge on any atom is 0.129 e. The summed E-state index contributed by atoms with van der Waals surface area (Å²) in [5, 5.41) is 9.48. The van der Waals surface area contributed by atoms with Crippen LogP contribution in [0.3, 0.4) is 0 Å². The van der Waals surface area contributed by atoms with E-state index in [2.05, 4.69) is 16.3 Å². The van der Waals surface area contributed by atoms with Gasteiger partial charge in [0.1, 0.15) is 5.82 Å².